The lowest BCUT2D eigenvalue weighted by Crippen LogP contribution is -2.36. The van der Waals surface area contributed by atoms with Gasteiger partial charge in [0.05, 0.1) is 11.0 Å². The molecule has 114 valence electrons. The van der Waals surface area contributed by atoms with Crippen molar-refractivity contribution in [3.05, 3.63) is 34.2 Å². The van der Waals surface area contributed by atoms with Crippen LogP contribution >= 0.6 is 0 Å². The standard InChI is InChI=1S/C16H23N3O2/c1-11(17-9-16(10-20)6-2-3-7-16)12-4-5-13-14(8-12)19-15(21)18-13/h4-5,8,11,17,20H,2-3,6-7,9-10H2,1H3,(H2,18,19,21). The van der Waals surface area contributed by atoms with Crippen LogP contribution in [0.4, 0.5) is 0 Å². The molecule has 1 aliphatic rings. The number of H-pyrrole nitrogens is 2. The molecule has 1 aromatic carbocycles. The van der Waals surface area contributed by atoms with Gasteiger partial charge in [-0.25, -0.2) is 4.79 Å². The summed E-state index contributed by atoms with van der Waals surface area (Å²) < 4.78 is 0. The molecule has 0 saturated heterocycles. The van der Waals surface area contributed by atoms with E-state index in [1.54, 1.807) is 0 Å². The molecule has 3 rings (SSSR count). The fraction of sp³-hybridized carbons (Fsp3) is 0.562. The minimum atomic E-state index is -0.173. The van der Waals surface area contributed by atoms with Crippen LogP contribution in [0.1, 0.15) is 44.2 Å². The summed E-state index contributed by atoms with van der Waals surface area (Å²) in [7, 11) is 0. The van der Waals surface area contributed by atoms with E-state index in [9.17, 15) is 9.90 Å². The third-order valence-corrected chi connectivity index (χ3v) is 4.82. The van der Waals surface area contributed by atoms with Crippen LogP contribution in [0, 0.1) is 5.41 Å². The number of hydrogen-bond acceptors (Lipinski definition) is 3. The number of aliphatic hydroxyl groups excluding tert-OH is 1. The second-order valence-corrected chi connectivity index (χ2v) is 6.35. The number of nitrogens with one attached hydrogen (secondary N) is 3. The zero-order chi connectivity index (χ0) is 14.9. The SMILES string of the molecule is CC(NCC1(CO)CCCC1)c1ccc2[nH]c(=O)[nH]c2c1. The third-order valence-electron chi connectivity index (χ3n) is 4.82. The number of rotatable bonds is 5. The van der Waals surface area contributed by atoms with Crippen molar-refractivity contribution >= 4 is 11.0 Å². The van der Waals surface area contributed by atoms with E-state index in [0.29, 0.717) is 0 Å². The van der Waals surface area contributed by atoms with Crippen molar-refractivity contribution in [2.75, 3.05) is 13.2 Å². The summed E-state index contributed by atoms with van der Waals surface area (Å²) in [5.74, 6) is 0. The number of imidazole rings is 1. The molecule has 5 heteroatoms. The zero-order valence-electron chi connectivity index (χ0n) is 12.4. The smallest absolute Gasteiger partial charge is 0.323 e. The normalized spacial score (nSPS) is 19.1. The molecular weight excluding hydrogens is 266 g/mol. The first-order valence-corrected chi connectivity index (χ1v) is 7.68. The molecule has 1 aliphatic carbocycles. The summed E-state index contributed by atoms with van der Waals surface area (Å²) in [6.45, 7) is 3.22. The van der Waals surface area contributed by atoms with Gasteiger partial charge in [0.1, 0.15) is 0 Å². The molecule has 0 spiro atoms. The van der Waals surface area contributed by atoms with Gasteiger partial charge >= 0.3 is 5.69 Å². The summed E-state index contributed by atoms with van der Waals surface area (Å²) in [5.41, 5.74) is 2.69. The van der Waals surface area contributed by atoms with Gasteiger partial charge in [0.25, 0.3) is 0 Å². The van der Waals surface area contributed by atoms with Crippen LogP contribution in [0.25, 0.3) is 11.0 Å². The van der Waals surface area contributed by atoms with E-state index in [-0.39, 0.29) is 23.8 Å². The third kappa shape index (κ3) is 2.89. The summed E-state index contributed by atoms with van der Waals surface area (Å²) >= 11 is 0. The number of aromatic nitrogens is 2. The maximum atomic E-state index is 11.3. The van der Waals surface area contributed by atoms with E-state index in [4.69, 9.17) is 0 Å². The molecular formula is C16H23N3O2. The highest BCUT2D eigenvalue weighted by Gasteiger charge is 2.33. The predicted molar refractivity (Wildman–Crippen MR) is 83.3 cm³/mol. The minimum Gasteiger partial charge on any atom is -0.396 e. The molecule has 21 heavy (non-hydrogen) atoms. The van der Waals surface area contributed by atoms with Crippen LogP contribution in [-0.2, 0) is 0 Å². The van der Waals surface area contributed by atoms with E-state index >= 15 is 0 Å². The van der Waals surface area contributed by atoms with Gasteiger partial charge in [0, 0.05) is 24.6 Å². The topological polar surface area (TPSA) is 80.9 Å². The maximum absolute atomic E-state index is 11.3. The van der Waals surface area contributed by atoms with Crippen molar-refractivity contribution in [1.29, 1.82) is 0 Å². The Morgan fingerprint density at radius 2 is 2.00 bits per heavy atom. The first-order chi connectivity index (χ1) is 10.1. The molecule has 5 nitrogen and oxygen atoms in total. The lowest BCUT2D eigenvalue weighted by atomic mass is 9.87. The molecule has 1 saturated carbocycles. The maximum Gasteiger partial charge on any atom is 0.323 e. The van der Waals surface area contributed by atoms with Crippen molar-refractivity contribution in [2.24, 2.45) is 5.41 Å². The Hall–Kier alpha value is -1.59. The van der Waals surface area contributed by atoms with Gasteiger partial charge in [-0.15, -0.1) is 0 Å². The summed E-state index contributed by atoms with van der Waals surface area (Å²) in [6.07, 6.45) is 4.64. The lowest BCUT2D eigenvalue weighted by molar-refractivity contribution is 0.125. The zero-order valence-corrected chi connectivity index (χ0v) is 12.4. The molecule has 0 amide bonds. The fourth-order valence-corrected chi connectivity index (χ4v) is 3.32. The summed E-state index contributed by atoms with van der Waals surface area (Å²) in [4.78, 5) is 16.8. The van der Waals surface area contributed by atoms with Gasteiger partial charge < -0.3 is 20.4 Å². The highest BCUT2D eigenvalue weighted by molar-refractivity contribution is 5.75. The van der Waals surface area contributed by atoms with Crippen LogP contribution in [0.2, 0.25) is 0 Å². The van der Waals surface area contributed by atoms with E-state index < -0.39 is 0 Å². The quantitative estimate of drug-likeness (QED) is 0.680. The van der Waals surface area contributed by atoms with Crippen molar-refractivity contribution < 1.29 is 5.11 Å². The van der Waals surface area contributed by atoms with Crippen LogP contribution < -0.4 is 11.0 Å². The van der Waals surface area contributed by atoms with Crippen molar-refractivity contribution in [3.8, 4) is 0 Å². The minimum absolute atomic E-state index is 0.0563. The van der Waals surface area contributed by atoms with Gasteiger partial charge in [-0.3, -0.25) is 0 Å². The Kier molecular flexibility index (Phi) is 3.87. The molecule has 1 unspecified atom stereocenters. The van der Waals surface area contributed by atoms with Crippen LogP contribution in [-0.4, -0.2) is 28.2 Å². The average molecular weight is 289 g/mol. The van der Waals surface area contributed by atoms with E-state index in [1.165, 1.54) is 12.8 Å². The van der Waals surface area contributed by atoms with Crippen LogP contribution in [0.15, 0.2) is 23.0 Å². The van der Waals surface area contributed by atoms with E-state index in [2.05, 4.69) is 22.2 Å². The van der Waals surface area contributed by atoms with E-state index in [0.717, 1.165) is 36.0 Å². The monoisotopic (exact) mass is 289 g/mol. The molecule has 4 N–H and O–H groups in total. The lowest BCUT2D eigenvalue weighted by Gasteiger charge is -2.29. The Morgan fingerprint density at radius 1 is 1.29 bits per heavy atom. The number of hydrogen-bond donors (Lipinski definition) is 4. The van der Waals surface area contributed by atoms with Crippen molar-refractivity contribution in [3.63, 3.8) is 0 Å². The van der Waals surface area contributed by atoms with Gasteiger partial charge in [0.2, 0.25) is 0 Å². The molecule has 0 radical (unpaired) electrons. The van der Waals surface area contributed by atoms with Gasteiger partial charge in [-0.05, 0) is 37.5 Å². The van der Waals surface area contributed by atoms with Gasteiger partial charge in [0.15, 0.2) is 0 Å². The Balaban J connectivity index is 1.71. The number of fused-ring (bicyclic) bond motifs is 1. The molecule has 1 heterocycles. The second kappa shape index (κ2) is 5.66. The molecule has 1 atom stereocenters. The predicted octanol–water partition coefficient (Wildman–Crippen LogP) is 2.06. The highest BCUT2D eigenvalue weighted by atomic mass is 16.3. The highest BCUT2D eigenvalue weighted by Crippen LogP contribution is 2.37. The molecule has 2 aromatic rings. The number of benzene rings is 1. The van der Waals surface area contributed by atoms with Crippen molar-refractivity contribution in [1.82, 2.24) is 15.3 Å². The Morgan fingerprint density at radius 3 is 2.71 bits per heavy atom. The van der Waals surface area contributed by atoms with Gasteiger partial charge in [-0.1, -0.05) is 18.9 Å². The molecule has 0 bridgehead atoms. The molecule has 1 aromatic heterocycles. The van der Waals surface area contributed by atoms with E-state index in [1.807, 2.05) is 18.2 Å². The Bertz CT molecular complexity index is 667. The average Bonchev–Trinajstić information content (AvgIpc) is 3.09. The van der Waals surface area contributed by atoms with Crippen LogP contribution in [0.5, 0.6) is 0 Å². The van der Waals surface area contributed by atoms with Gasteiger partial charge in [-0.2, -0.15) is 0 Å². The Labute approximate surface area is 123 Å². The summed E-state index contributed by atoms with van der Waals surface area (Å²) in [6, 6.07) is 6.16. The molecule has 1 fully saturated rings. The molecule has 0 aliphatic heterocycles. The fourth-order valence-electron chi connectivity index (χ4n) is 3.32. The number of aliphatic hydroxyl groups is 1. The second-order valence-electron chi connectivity index (χ2n) is 6.35. The summed E-state index contributed by atoms with van der Waals surface area (Å²) in [5, 5.41) is 13.2. The first kappa shape index (κ1) is 14.4. The number of aromatic amines is 2. The first-order valence-electron chi connectivity index (χ1n) is 7.68. The van der Waals surface area contributed by atoms with Crippen LogP contribution in [0.3, 0.4) is 0 Å². The largest absolute Gasteiger partial charge is 0.396 e. The van der Waals surface area contributed by atoms with Crippen molar-refractivity contribution in [2.45, 2.75) is 38.6 Å².